The second-order valence-corrected chi connectivity index (χ2v) is 5.97. The van der Waals surface area contributed by atoms with Crippen LogP contribution in [0.15, 0.2) is 18.2 Å². The van der Waals surface area contributed by atoms with Crippen molar-refractivity contribution >= 4 is 6.03 Å². The third-order valence-corrected chi connectivity index (χ3v) is 4.25. The molecule has 1 aromatic carbocycles. The van der Waals surface area contributed by atoms with Crippen molar-refractivity contribution in [3.8, 4) is 11.5 Å². The van der Waals surface area contributed by atoms with E-state index in [2.05, 4.69) is 22.3 Å². The number of benzene rings is 1. The number of nitrogens with zero attached hydrogens (tertiary/aromatic N) is 2. The van der Waals surface area contributed by atoms with E-state index in [1.807, 2.05) is 11.0 Å². The number of carbonyl (C=O) groups is 1. The van der Waals surface area contributed by atoms with E-state index < -0.39 is 0 Å². The maximum atomic E-state index is 12.0. The molecule has 7 nitrogen and oxygen atoms in total. The van der Waals surface area contributed by atoms with Crippen LogP contribution in [0.25, 0.3) is 0 Å². The Balaban J connectivity index is 1.46. The average Bonchev–Trinajstić information content (AvgIpc) is 2.62. The zero-order valence-corrected chi connectivity index (χ0v) is 14.1. The zero-order chi connectivity index (χ0) is 16.8. The van der Waals surface area contributed by atoms with Crippen molar-refractivity contribution in [2.75, 3.05) is 59.7 Å². The second kappa shape index (κ2) is 8.21. The number of ether oxygens (including phenoxy) is 3. The maximum absolute atomic E-state index is 12.0. The number of hydrogen-bond acceptors (Lipinski definition) is 5. The smallest absolute Gasteiger partial charge is 0.317 e. The Kier molecular flexibility index (Phi) is 5.77. The predicted molar refractivity (Wildman–Crippen MR) is 89.6 cm³/mol. The van der Waals surface area contributed by atoms with Crippen LogP contribution in [0.3, 0.4) is 0 Å². The lowest BCUT2D eigenvalue weighted by Gasteiger charge is -2.34. The Hall–Kier alpha value is -1.99. The minimum atomic E-state index is -0.00831. The molecule has 132 valence electrons. The minimum Gasteiger partial charge on any atom is -0.486 e. The maximum Gasteiger partial charge on any atom is 0.317 e. The van der Waals surface area contributed by atoms with Crippen molar-refractivity contribution in [1.82, 2.24) is 15.1 Å². The molecule has 0 saturated carbocycles. The van der Waals surface area contributed by atoms with Gasteiger partial charge in [-0.2, -0.15) is 0 Å². The van der Waals surface area contributed by atoms with Gasteiger partial charge in [-0.1, -0.05) is 6.07 Å². The lowest BCUT2D eigenvalue weighted by Crippen LogP contribution is -2.51. The van der Waals surface area contributed by atoms with Gasteiger partial charge in [-0.25, -0.2) is 4.79 Å². The van der Waals surface area contributed by atoms with Crippen molar-refractivity contribution in [1.29, 1.82) is 0 Å². The Bertz CT molecular complexity index is 559. The lowest BCUT2D eigenvalue weighted by molar-refractivity contribution is 0.132. The van der Waals surface area contributed by atoms with Crippen LogP contribution in [0.1, 0.15) is 5.56 Å². The van der Waals surface area contributed by atoms with Crippen LogP contribution >= 0.6 is 0 Å². The molecule has 2 heterocycles. The summed E-state index contributed by atoms with van der Waals surface area (Å²) in [5.74, 6) is 1.65. The number of piperazine rings is 1. The van der Waals surface area contributed by atoms with Gasteiger partial charge in [0.25, 0.3) is 0 Å². The van der Waals surface area contributed by atoms with E-state index in [9.17, 15) is 4.79 Å². The van der Waals surface area contributed by atoms with Gasteiger partial charge < -0.3 is 24.4 Å². The molecule has 0 atom stereocenters. The van der Waals surface area contributed by atoms with Gasteiger partial charge in [0, 0.05) is 46.4 Å². The summed E-state index contributed by atoms with van der Waals surface area (Å²) in [6.07, 6.45) is 0. The quantitative estimate of drug-likeness (QED) is 0.811. The Labute approximate surface area is 142 Å². The molecule has 3 rings (SSSR count). The summed E-state index contributed by atoms with van der Waals surface area (Å²) in [6, 6.07) is 6.10. The number of fused-ring (bicyclic) bond motifs is 1. The molecule has 0 aromatic heterocycles. The lowest BCUT2D eigenvalue weighted by atomic mass is 10.1. The molecule has 0 unspecified atom stereocenters. The average molecular weight is 335 g/mol. The van der Waals surface area contributed by atoms with Gasteiger partial charge in [0.1, 0.15) is 13.2 Å². The van der Waals surface area contributed by atoms with Crippen LogP contribution in [0.2, 0.25) is 0 Å². The predicted octanol–water partition coefficient (Wildman–Crippen LogP) is 0.931. The number of methoxy groups -OCH3 is 1. The van der Waals surface area contributed by atoms with Crippen molar-refractivity contribution < 1.29 is 19.0 Å². The first-order valence-corrected chi connectivity index (χ1v) is 8.39. The molecule has 1 aromatic rings. The highest BCUT2D eigenvalue weighted by Gasteiger charge is 2.21. The number of hydrogen-bond donors (Lipinski definition) is 1. The molecular formula is C17H25N3O4. The molecule has 1 saturated heterocycles. The van der Waals surface area contributed by atoms with Gasteiger partial charge in [0.05, 0.1) is 6.61 Å². The van der Waals surface area contributed by atoms with Crippen LogP contribution in [0, 0.1) is 0 Å². The summed E-state index contributed by atoms with van der Waals surface area (Å²) in [4.78, 5) is 16.2. The second-order valence-electron chi connectivity index (χ2n) is 5.97. The summed E-state index contributed by atoms with van der Waals surface area (Å²) < 4.78 is 16.1. The van der Waals surface area contributed by atoms with Crippen LogP contribution in [-0.2, 0) is 11.3 Å². The monoisotopic (exact) mass is 335 g/mol. The largest absolute Gasteiger partial charge is 0.486 e. The first kappa shape index (κ1) is 16.9. The number of nitrogens with one attached hydrogen (secondary N) is 1. The SMILES string of the molecule is COCCNC(=O)N1CCN(Cc2ccc3c(c2)OCCO3)CC1. The Morgan fingerprint density at radius 2 is 1.92 bits per heavy atom. The zero-order valence-electron chi connectivity index (χ0n) is 14.1. The topological polar surface area (TPSA) is 63.3 Å². The highest BCUT2D eigenvalue weighted by Crippen LogP contribution is 2.31. The van der Waals surface area contributed by atoms with Crippen LogP contribution in [0.5, 0.6) is 11.5 Å². The molecule has 2 amide bonds. The van der Waals surface area contributed by atoms with Gasteiger partial charge in [-0.15, -0.1) is 0 Å². The molecular weight excluding hydrogens is 310 g/mol. The first-order valence-electron chi connectivity index (χ1n) is 8.39. The summed E-state index contributed by atoms with van der Waals surface area (Å²) in [6.45, 7) is 6.37. The van der Waals surface area contributed by atoms with E-state index in [0.29, 0.717) is 26.4 Å². The van der Waals surface area contributed by atoms with Gasteiger partial charge in [0.2, 0.25) is 0 Å². The summed E-state index contributed by atoms with van der Waals surface area (Å²) in [5.41, 5.74) is 1.21. The van der Waals surface area contributed by atoms with Crippen LogP contribution in [-0.4, -0.2) is 75.5 Å². The Morgan fingerprint density at radius 3 is 2.67 bits per heavy atom. The molecule has 2 aliphatic heterocycles. The van der Waals surface area contributed by atoms with Gasteiger partial charge in [0.15, 0.2) is 11.5 Å². The fourth-order valence-corrected chi connectivity index (χ4v) is 2.93. The molecule has 0 aliphatic carbocycles. The van der Waals surface area contributed by atoms with Crippen LogP contribution < -0.4 is 14.8 Å². The molecule has 0 bridgehead atoms. The van der Waals surface area contributed by atoms with E-state index in [1.165, 1.54) is 5.56 Å². The summed E-state index contributed by atoms with van der Waals surface area (Å²) in [7, 11) is 1.63. The van der Waals surface area contributed by atoms with E-state index in [0.717, 1.165) is 44.2 Å². The molecule has 1 N–H and O–H groups in total. The van der Waals surface area contributed by atoms with Crippen LogP contribution in [0.4, 0.5) is 4.79 Å². The summed E-state index contributed by atoms with van der Waals surface area (Å²) in [5, 5.41) is 2.87. The number of carbonyl (C=O) groups excluding carboxylic acids is 1. The van der Waals surface area contributed by atoms with Crippen molar-refractivity contribution in [3.05, 3.63) is 23.8 Å². The van der Waals surface area contributed by atoms with Gasteiger partial charge in [-0.05, 0) is 17.7 Å². The molecule has 24 heavy (non-hydrogen) atoms. The number of rotatable bonds is 5. The number of urea groups is 1. The Morgan fingerprint density at radius 1 is 1.17 bits per heavy atom. The standard InChI is InChI=1S/C17H25N3O4/c1-22-9-4-18-17(21)20-7-5-19(6-8-20)13-14-2-3-15-16(12-14)24-11-10-23-15/h2-3,12H,4-11,13H2,1H3,(H,18,21). The fraction of sp³-hybridized carbons (Fsp3) is 0.588. The molecule has 7 heteroatoms. The molecule has 0 spiro atoms. The highest BCUT2D eigenvalue weighted by atomic mass is 16.6. The van der Waals surface area contributed by atoms with Gasteiger partial charge >= 0.3 is 6.03 Å². The van der Waals surface area contributed by atoms with E-state index in [1.54, 1.807) is 7.11 Å². The van der Waals surface area contributed by atoms with Crippen molar-refractivity contribution in [2.45, 2.75) is 6.54 Å². The minimum absolute atomic E-state index is 0.00831. The first-order chi connectivity index (χ1) is 11.8. The summed E-state index contributed by atoms with van der Waals surface area (Å²) >= 11 is 0. The van der Waals surface area contributed by atoms with Gasteiger partial charge in [-0.3, -0.25) is 4.90 Å². The van der Waals surface area contributed by atoms with E-state index >= 15 is 0 Å². The normalized spacial score (nSPS) is 17.6. The number of amides is 2. The molecule has 2 aliphatic rings. The van der Waals surface area contributed by atoms with Crippen molar-refractivity contribution in [2.24, 2.45) is 0 Å². The van der Waals surface area contributed by atoms with Crippen molar-refractivity contribution in [3.63, 3.8) is 0 Å². The van der Waals surface area contributed by atoms with E-state index in [-0.39, 0.29) is 6.03 Å². The third kappa shape index (κ3) is 4.30. The fourth-order valence-electron chi connectivity index (χ4n) is 2.93. The van der Waals surface area contributed by atoms with E-state index in [4.69, 9.17) is 14.2 Å². The molecule has 1 fully saturated rings. The third-order valence-electron chi connectivity index (χ3n) is 4.25. The molecule has 0 radical (unpaired) electrons. The highest BCUT2D eigenvalue weighted by molar-refractivity contribution is 5.74.